The number of aromatic nitrogens is 3. The van der Waals surface area contributed by atoms with Gasteiger partial charge in [-0.15, -0.1) is 0 Å². The van der Waals surface area contributed by atoms with Gasteiger partial charge in [-0.2, -0.15) is 0 Å². The molecule has 0 unspecified atom stereocenters. The topological polar surface area (TPSA) is 42.7 Å². The molecule has 1 aliphatic carbocycles. The Morgan fingerprint density at radius 2 is 2.11 bits per heavy atom. The highest BCUT2D eigenvalue weighted by Gasteiger charge is 2.19. The molecule has 0 atom stereocenters. The first kappa shape index (κ1) is 11.4. The van der Waals surface area contributed by atoms with E-state index in [0.29, 0.717) is 0 Å². The van der Waals surface area contributed by atoms with Crippen LogP contribution in [0.2, 0.25) is 0 Å². The van der Waals surface area contributed by atoms with E-state index in [1.165, 1.54) is 18.4 Å². The summed E-state index contributed by atoms with van der Waals surface area (Å²) in [7, 11) is 0. The largest absolute Gasteiger partial charge is 0.310 e. The molecule has 0 radical (unpaired) electrons. The van der Waals surface area contributed by atoms with Gasteiger partial charge in [-0.3, -0.25) is 4.57 Å². The normalized spacial score (nSPS) is 15.0. The van der Waals surface area contributed by atoms with Crippen molar-refractivity contribution in [2.45, 2.75) is 39.3 Å². The smallest absolute Gasteiger partial charge is 0.138 e. The van der Waals surface area contributed by atoms with Gasteiger partial charge in [-0.05, 0) is 38.3 Å². The van der Waals surface area contributed by atoms with Gasteiger partial charge in [0, 0.05) is 24.5 Å². The quantitative estimate of drug-likeness (QED) is 0.893. The summed E-state index contributed by atoms with van der Waals surface area (Å²) >= 11 is 0. The number of aryl methyl sites for hydroxylation is 1. The SMILES string of the molecule is Cc1ncn(-c2ccc(CNC3CC3)cn2)c1C. The number of pyridine rings is 1. The summed E-state index contributed by atoms with van der Waals surface area (Å²) in [5.41, 5.74) is 3.43. The van der Waals surface area contributed by atoms with Crippen molar-refractivity contribution in [3.8, 4) is 5.82 Å². The van der Waals surface area contributed by atoms with Crippen LogP contribution in [-0.4, -0.2) is 20.6 Å². The van der Waals surface area contributed by atoms with E-state index in [4.69, 9.17) is 0 Å². The van der Waals surface area contributed by atoms with Crippen LogP contribution in [0.25, 0.3) is 5.82 Å². The number of imidazole rings is 1. The Bertz CT molecular complexity index is 537. The molecule has 18 heavy (non-hydrogen) atoms. The molecule has 4 nitrogen and oxygen atoms in total. The first-order chi connectivity index (χ1) is 8.74. The maximum Gasteiger partial charge on any atom is 0.138 e. The van der Waals surface area contributed by atoms with Crippen LogP contribution in [0.15, 0.2) is 24.7 Å². The molecule has 1 aliphatic rings. The van der Waals surface area contributed by atoms with Gasteiger partial charge in [0.25, 0.3) is 0 Å². The molecule has 0 spiro atoms. The lowest BCUT2D eigenvalue weighted by molar-refractivity contribution is 0.685. The van der Waals surface area contributed by atoms with Crippen molar-refractivity contribution in [2.24, 2.45) is 0 Å². The van der Waals surface area contributed by atoms with E-state index in [1.54, 1.807) is 0 Å². The maximum atomic E-state index is 4.50. The molecule has 2 heterocycles. The molecule has 2 aromatic rings. The molecule has 1 fully saturated rings. The van der Waals surface area contributed by atoms with Gasteiger partial charge in [0.2, 0.25) is 0 Å². The monoisotopic (exact) mass is 242 g/mol. The van der Waals surface area contributed by atoms with Gasteiger partial charge < -0.3 is 5.32 Å². The van der Waals surface area contributed by atoms with Crippen LogP contribution in [0.5, 0.6) is 0 Å². The maximum absolute atomic E-state index is 4.50. The number of hydrogen-bond acceptors (Lipinski definition) is 3. The van der Waals surface area contributed by atoms with Crippen molar-refractivity contribution >= 4 is 0 Å². The second-order valence-electron chi connectivity index (χ2n) is 4.97. The third-order valence-electron chi connectivity index (χ3n) is 3.48. The lowest BCUT2D eigenvalue weighted by Gasteiger charge is -2.06. The predicted octanol–water partition coefficient (Wildman–Crippen LogP) is 2.14. The van der Waals surface area contributed by atoms with Crippen LogP contribution >= 0.6 is 0 Å². The van der Waals surface area contributed by atoms with Gasteiger partial charge in [-0.1, -0.05) is 6.07 Å². The Kier molecular flexibility index (Phi) is 2.88. The van der Waals surface area contributed by atoms with Crippen LogP contribution < -0.4 is 5.32 Å². The third kappa shape index (κ3) is 2.29. The minimum absolute atomic E-state index is 0.739. The van der Waals surface area contributed by atoms with Crippen LogP contribution in [0.3, 0.4) is 0 Å². The molecule has 0 saturated heterocycles. The average Bonchev–Trinajstić information content (AvgIpc) is 3.16. The zero-order valence-electron chi connectivity index (χ0n) is 10.8. The molecule has 0 bridgehead atoms. The van der Waals surface area contributed by atoms with Gasteiger partial charge in [0.1, 0.15) is 12.1 Å². The van der Waals surface area contributed by atoms with E-state index in [2.05, 4.69) is 34.3 Å². The molecule has 4 heteroatoms. The van der Waals surface area contributed by atoms with Crippen LogP contribution in [0, 0.1) is 13.8 Å². The Balaban J connectivity index is 1.75. The molecule has 0 amide bonds. The van der Waals surface area contributed by atoms with Crippen molar-refractivity contribution in [2.75, 3.05) is 0 Å². The van der Waals surface area contributed by atoms with Gasteiger partial charge in [0.15, 0.2) is 0 Å². The minimum Gasteiger partial charge on any atom is -0.310 e. The zero-order valence-corrected chi connectivity index (χ0v) is 10.8. The first-order valence-corrected chi connectivity index (χ1v) is 6.43. The van der Waals surface area contributed by atoms with Gasteiger partial charge in [-0.25, -0.2) is 9.97 Å². The summed E-state index contributed by atoms with van der Waals surface area (Å²) in [5.74, 6) is 0.934. The van der Waals surface area contributed by atoms with Gasteiger partial charge >= 0.3 is 0 Å². The lowest BCUT2D eigenvalue weighted by atomic mass is 10.2. The van der Waals surface area contributed by atoms with E-state index in [-0.39, 0.29) is 0 Å². The van der Waals surface area contributed by atoms with Crippen molar-refractivity contribution in [3.05, 3.63) is 41.6 Å². The summed E-state index contributed by atoms with van der Waals surface area (Å²) < 4.78 is 2.02. The Hall–Kier alpha value is -1.68. The van der Waals surface area contributed by atoms with E-state index < -0.39 is 0 Å². The molecular weight excluding hydrogens is 224 g/mol. The summed E-state index contributed by atoms with van der Waals surface area (Å²) in [4.78, 5) is 8.80. The second-order valence-corrected chi connectivity index (χ2v) is 4.97. The number of rotatable bonds is 4. The standard InChI is InChI=1S/C14H18N4/c1-10-11(2)18(9-17-10)14-6-3-12(8-16-14)7-15-13-4-5-13/h3,6,8-9,13,15H,4-5,7H2,1-2H3. The fourth-order valence-electron chi connectivity index (χ4n) is 1.94. The molecule has 0 aromatic carbocycles. The van der Waals surface area contributed by atoms with Crippen molar-refractivity contribution in [1.82, 2.24) is 19.9 Å². The van der Waals surface area contributed by atoms with Crippen LogP contribution in [0.1, 0.15) is 29.8 Å². The number of hydrogen-bond donors (Lipinski definition) is 1. The predicted molar refractivity (Wildman–Crippen MR) is 70.7 cm³/mol. The summed E-state index contributed by atoms with van der Waals surface area (Å²) in [6.07, 6.45) is 6.41. The van der Waals surface area contributed by atoms with Crippen LogP contribution in [0.4, 0.5) is 0 Å². The molecular formula is C14H18N4. The Morgan fingerprint density at radius 1 is 1.28 bits per heavy atom. The minimum atomic E-state index is 0.739. The van der Waals surface area contributed by atoms with E-state index >= 15 is 0 Å². The number of nitrogens with one attached hydrogen (secondary N) is 1. The zero-order chi connectivity index (χ0) is 12.5. The lowest BCUT2D eigenvalue weighted by Crippen LogP contribution is -2.15. The molecule has 94 valence electrons. The Labute approximate surface area is 107 Å². The van der Waals surface area contributed by atoms with Crippen molar-refractivity contribution < 1.29 is 0 Å². The molecule has 2 aromatic heterocycles. The highest BCUT2D eigenvalue weighted by atomic mass is 15.1. The van der Waals surface area contributed by atoms with E-state index in [9.17, 15) is 0 Å². The summed E-state index contributed by atoms with van der Waals surface area (Å²) in [5, 5.41) is 3.49. The third-order valence-corrected chi connectivity index (χ3v) is 3.48. The molecule has 0 aliphatic heterocycles. The molecule has 1 saturated carbocycles. The molecule has 1 N–H and O–H groups in total. The molecule has 3 rings (SSSR count). The summed E-state index contributed by atoms with van der Waals surface area (Å²) in [6, 6.07) is 4.92. The van der Waals surface area contributed by atoms with E-state index in [1.807, 2.05) is 24.0 Å². The first-order valence-electron chi connectivity index (χ1n) is 6.43. The fourth-order valence-corrected chi connectivity index (χ4v) is 1.94. The second kappa shape index (κ2) is 4.53. The Morgan fingerprint density at radius 3 is 2.67 bits per heavy atom. The average molecular weight is 242 g/mol. The fraction of sp³-hybridized carbons (Fsp3) is 0.429. The highest BCUT2D eigenvalue weighted by Crippen LogP contribution is 2.19. The van der Waals surface area contributed by atoms with Crippen molar-refractivity contribution in [3.63, 3.8) is 0 Å². The van der Waals surface area contributed by atoms with E-state index in [0.717, 1.165) is 29.8 Å². The number of nitrogens with zero attached hydrogens (tertiary/aromatic N) is 3. The van der Waals surface area contributed by atoms with Gasteiger partial charge in [0.05, 0.1) is 5.69 Å². The van der Waals surface area contributed by atoms with Crippen LogP contribution in [-0.2, 0) is 6.54 Å². The highest BCUT2D eigenvalue weighted by molar-refractivity contribution is 5.29. The van der Waals surface area contributed by atoms with Crippen molar-refractivity contribution in [1.29, 1.82) is 0 Å². The summed E-state index contributed by atoms with van der Waals surface area (Å²) in [6.45, 7) is 4.99.